The molecule has 0 radical (unpaired) electrons. The maximum Gasteiger partial charge on any atom is 0.124 e. The third-order valence-electron chi connectivity index (χ3n) is 2.06. The van der Waals surface area contributed by atoms with E-state index in [4.69, 9.17) is 10.5 Å². The Hall–Kier alpha value is -1.29. The predicted octanol–water partition coefficient (Wildman–Crippen LogP) is 1.76. The van der Waals surface area contributed by atoms with Crippen LogP contribution in [0.1, 0.15) is 18.0 Å². The van der Waals surface area contributed by atoms with E-state index >= 15 is 0 Å². The van der Waals surface area contributed by atoms with Gasteiger partial charge in [-0.25, -0.2) is 0 Å². The van der Waals surface area contributed by atoms with Gasteiger partial charge in [0.05, 0.1) is 13.8 Å². The maximum atomic E-state index is 12.0. The zero-order valence-electron chi connectivity index (χ0n) is 8.03. The summed E-state index contributed by atoms with van der Waals surface area (Å²) < 4.78 is 16.9. The number of hydrogen-bond donors (Lipinski definition) is 2. The molecule has 4 heteroatoms. The molecule has 3 nitrogen and oxygen atoms in total. The minimum absolute atomic E-state index is 0.0466. The van der Waals surface area contributed by atoms with Gasteiger partial charge < -0.3 is 15.6 Å². The van der Waals surface area contributed by atoms with E-state index in [1.807, 2.05) is 0 Å². The van der Waals surface area contributed by atoms with E-state index in [0.717, 1.165) is 0 Å². The molecule has 1 rings (SSSR count). The Morgan fingerprint density at radius 2 is 2.29 bits per heavy atom. The molecule has 0 amide bonds. The van der Waals surface area contributed by atoms with Crippen LogP contribution in [0, 0.1) is 0 Å². The molecule has 0 aliphatic rings. The Morgan fingerprint density at radius 3 is 2.79 bits per heavy atom. The first kappa shape index (κ1) is 10.8. The van der Waals surface area contributed by atoms with Crippen LogP contribution in [0.15, 0.2) is 18.2 Å². The molecule has 0 fully saturated rings. The van der Waals surface area contributed by atoms with Gasteiger partial charge in [-0.05, 0) is 12.5 Å². The second kappa shape index (κ2) is 4.81. The molecule has 1 aromatic carbocycles. The fourth-order valence-electron chi connectivity index (χ4n) is 1.24. The molecule has 14 heavy (non-hydrogen) atoms. The highest BCUT2D eigenvalue weighted by Gasteiger charge is 2.11. The summed E-state index contributed by atoms with van der Waals surface area (Å²) in [6.07, 6.45) is 0.208. The molecule has 0 saturated carbocycles. The highest BCUT2D eigenvalue weighted by Crippen LogP contribution is 2.28. The SMILES string of the molecule is COc1ccc([C@@H](N)CCF)c(O)c1. The van der Waals surface area contributed by atoms with Crippen molar-refractivity contribution in [1.82, 2.24) is 0 Å². The molecule has 78 valence electrons. The van der Waals surface area contributed by atoms with E-state index in [0.29, 0.717) is 11.3 Å². The van der Waals surface area contributed by atoms with Crippen molar-refractivity contribution >= 4 is 0 Å². The minimum Gasteiger partial charge on any atom is -0.507 e. The lowest BCUT2D eigenvalue weighted by atomic mass is 10.0. The smallest absolute Gasteiger partial charge is 0.124 e. The van der Waals surface area contributed by atoms with Crippen molar-refractivity contribution in [2.75, 3.05) is 13.8 Å². The minimum atomic E-state index is -0.493. The number of methoxy groups -OCH3 is 1. The number of benzene rings is 1. The largest absolute Gasteiger partial charge is 0.507 e. The summed E-state index contributed by atoms with van der Waals surface area (Å²) in [5.74, 6) is 0.601. The van der Waals surface area contributed by atoms with Gasteiger partial charge in [0.25, 0.3) is 0 Å². The van der Waals surface area contributed by atoms with Gasteiger partial charge in [0.15, 0.2) is 0 Å². The molecule has 0 aliphatic heterocycles. The number of rotatable bonds is 4. The van der Waals surface area contributed by atoms with Crippen LogP contribution in [0.25, 0.3) is 0 Å². The number of phenolic OH excluding ortho intramolecular Hbond substituents is 1. The standard InChI is InChI=1S/C10H14FNO2/c1-14-7-2-3-8(10(13)6-7)9(12)4-5-11/h2-3,6,9,13H,4-5,12H2,1H3/t9-/m0/s1. The van der Waals surface area contributed by atoms with Crippen molar-refractivity contribution in [2.45, 2.75) is 12.5 Å². The van der Waals surface area contributed by atoms with E-state index in [1.54, 1.807) is 12.1 Å². The van der Waals surface area contributed by atoms with Crippen LogP contribution in [-0.4, -0.2) is 18.9 Å². The van der Waals surface area contributed by atoms with Crippen LogP contribution in [0.3, 0.4) is 0 Å². The first-order valence-electron chi connectivity index (χ1n) is 4.37. The lowest BCUT2D eigenvalue weighted by Crippen LogP contribution is -2.11. The number of aromatic hydroxyl groups is 1. The van der Waals surface area contributed by atoms with E-state index < -0.39 is 12.7 Å². The summed E-state index contributed by atoms with van der Waals surface area (Å²) >= 11 is 0. The Morgan fingerprint density at radius 1 is 1.57 bits per heavy atom. The predicted molar refractivity (Wildman–Crippen MR) is 52.2 cm³/mol. The fraction of sp³-hybridized carbons (Fsp3) is 0.400. The quantitative estimate of drug-likeness (QED) is 0.776. The highest BCUT2D eigenvalue weighted by atomic mass is 19.1. The lowest BCUT2D eigenvalue weighted by Gasteiger charge is -2.12. The molecule has 0 heterocycles. The van der Waals surface area contributed by atoms with E-state index in [-0.39, 0.29) is 12.2 Å². The molecule has 0 aromatic heterocycles. The number of alkyl halides is 1. The van der Waals surface area contributed by atoms with Crippen molar-refractivity contribution in [2.24, 2.45) is 5.73 Å². The molecule has 0 unspecified atom stereocenters. The van der Waals surface area contributed by atoms with E-state index in [9.17, 15) is 9.50 Å². The number of phenols is 1. The second-order valence-corrected chi connectivity index (χ2v) is 3.01. The van der Waals surface area contributed by atoms with Gasteiger partial charge in [-0.2, -0.15) is 0 Å². The molecule has 1 aromatic rings. The Kier molecular flexibility index (Phi) is 3.71. The Labute approximate surface area is 82.3 Å². The Balaban J connectivity index is 2.88. The molecule has 0 aliphatic carbocycles. The van der Waals surface area contributed by atoms with E-state index in [2.05, 4.69) is 0 Å². The summed E-state index contributed by atoms with van der Waals surface area (Å²) in [6, 6.07) is 4.33. The fourth-order valence-corrected chi connectivity index (χ4v) is 1.24. The molecule has 1 atom stereocenters. The summed E-state index contributed by atoms with van der Waals surface area (Å²) in [4.78, 5) is 0. The zero-order valence-corrected chi connectivity index (χ0v) is 8.03. The molecule has 0 saturated heterocycles. The van der Waals surface area contributed by atoms with Gasteiger partial charge in [-0.3, -0.25) is 4.39 Å². The topological polar surface area (TPSA) is 55.5 Å². The monoisotopic (exact) mass is 199 g/mol. The number of halogens is 1. The van der Waals surface area contributed by atoms with Crippen LogP contribution in [0.2, 0.25) is 0 Å². The molecular weight excluding hydrogens is 185 g/mol. The molecular formula is C10H14FNO2. The second-order valence-electron chi connectivity index (χ2n) is 3.01. The first-order chi connectivity index (χ1) is 6.69. The van der Waals surface area contributed by atoms with Crippen LogP contribution in [0.5, 0.6) is 11.5 Å². The normalized spacial score (nSPS) is 12.5. The third-order valence-corrected chi connectivity index (χ3v) is 2.06. The Bertz CT molecular complexity index is 304. The summed E-state index contributed by atoms with van der Waals surface area (Å²) in [5.41, 5.74) is 6.20. The summed E-state index contributed by atoms with van der Waals surface area (Å²) in [7, 11) is 1.51. The van der Waals surface area contributed by atoms with Gasteiger partial charge >= 0.3 is 0 Å². The number of ether oxygens (including phenoxy) is 1. The number of hydrogen-bond acceptors (Lipinski definition) is 3. The first-order valence-corrected chi connectivity index (χ1v) is 4.37. The van der Waals surface area contributed by atoms with Gasteiger partial charge in [0, 0.05) is 17.7 Å². The summed E-state index contributed by atoms with van der Waals surface area (Å²) in [5, 5.41) is 9.54. The van der Waals surface area contributed by atoms with Crippen LogP contribution in [0.4, 0.5) is 4.39 Å². The van der Waals surface area contributed by atoms with Crippen molar-refractivity contribution < 1.29 is 14.2 Å². The van der Waals surface area contributed by atoms with Crippen LogP contribution in [-0.2, 0) is 0 Å². The van der Waals surface area contributed by atoms with Crippen LogP contribution >= 0.6 is 0 Å². The third kappa shape index (κ3) is 2.35. The molecule has 3 N–H and O–H groups in total. The van der Waals surface area contributed by atoms with Gasteiger partial charge in [-0.1, -0.05) is 6.07 Å². The van der Waals surface area contributed by atoms with E-state index in [1.165, 1.54) is 13.2 Å². The van der Waals surface area contributed by atoms with Crippen LogP contribution < -0.4 is 10.5 Å². The average molecular weight is 199 g/mol. The van der Waals surface area contributed by atoms with Crippen molar-refractivity contribution in [1.29, 1.82) is 0 Å². The van der Waals surface area contributed by atoms with Crippen molar-refractivity contribution in [3.63, 3.8) is 0 Å². The van der Waals surface area contributed by atoms with Gasteiger partial charge in [0.2, 0.25) is 0 Å². The lowest BCUT2D eigenvalue weighted by molar-refractivity contribution is 0.401. The van der Waals surface area contributed by atoms with Crippen molar-refractivity contribution in [3.8, 4) is 11.5 Å². The number of nitrogens with two attached hydrogens (primary N) is 1. The molecule has 0 spiro atoms. The zero-order chi connectivity index (χ0) is 10.6. The van der Waals surface area contributed by atoms with Gasteiger partial charge in [-0.15, -0.1) is 0 Å². The summed E-state index contributed by atoms with van der Waals surface area (Å²) in [6.45, 7) is -0.493. The average Bonchev–Trinajstić information content (AvgIpc) is 2.17. The van der Waals surface area contributed by atoms with Gasteiger partial charge in [0.1, 0.15) is 11.5 Å². The molecule has 0 bridgehead atoms. The highest BCUT2D eigenvalue weighted by molar-refractivity contribution is 5.41. The maximum absolute atomic E-state index is 12.0. The van der Waals surface area contributed by atoms with Crippen molar-refractivity contribution in [3.05, 3.63) is 23.8 Å².